The highest BCUT2D eigenvalue weighted by Crippen LogP contribution is 2.35. The highest BCUT2D eigenvalue weighted by molar-refractivity contribution is 8.26. The molecule has 0 bridgehead atoms. The first-order chi connectivity index (χ1) is 12.5. The Labute approximate surface area is 165 Å². The molecule has 8 heteroatoms. The molecule has 0 saturated carbocycles. The zero-order valence-electron chi connectivity index (χ0n) is 14.0. The number of thiocarbonyl (C=S) groups is 1. The zero-order valence-corrected chi connectivity index (χ0v) is 16.5. The number of carboxylic acid groups (broad SMARTS) is 1. The van der Waals surface area contributed by atoms with E-state index in [1.54, 1.807) is 6.08 Å². The van der Waals surface area contributed by atoms with Crippen molar-refractivity contribution in [2.75, 3.05) is 18.6 Å². The summed E-state index contributed by atoms with van der Waals surface area (Å²) in [7, 11) is 0. The van der Waals surface area contributed by atoms with E-state index in [9.17, 15) is 14.7 Å². The lowest BCUT2D eigenvalue weighted by Crippen LogP contribution is -2.44. The van der Waals surface area contributed by atoms with E-state index in [-0.39, 0.29) is 10.2 Å². The SMILES string of the molecule is CSCCC(C(=O)O)N1C(=O)/C(=C\C2=Cc3ccccc3OC2)SC1=S. The summed E-state index contributed by atoms with van der Waals surface area (Å²) in [6, 6.07) is 6.73. The fourth-order valence-electron chi connectivity index (χ4n) is 2.73. The van der Waals surface area contributed by atoms with E-state index in [0.29, 0.717) is 23.7 Å². The van der Waals surface area contributed by atoms with Crippen LogP contribution in [0.5, 0.6) is 5.75 Å². The van der Waals surface area contributed by atoms with Crippen LogP contribution in [0.2, 0.25) is 0 Å². The van der Waals surface area contributed by atoms with Crippen LogP contribution < -0.4 is 4.74 Å². The number of benzene rings is 1. The summed E-state index contributed by atoms with van der Waals surface area (Å²) in [6.45, 7) is 0.357. The van der Waals surface area contributed by atoms with E-state index in [2.05, 4.69) is 0 Å². The first-order valence-electron chi connectivity index (χ1n) is 7.92. The van der Waals surface area contributed by atoms with Gasteiger partial charge in [0.15, 0.2) is 0 Å². The largest absolute Gasteiger partial charge is 0.488 e. The Morgan fingerprint density at radius 2 is 2.27 bits per heavy atom. The number of carboxylic acids is 1. The van der Waals surface area contributed by atoms with E-state index in [0.717, 1.165) is 28.6 Å². The van der Waals surface area contributed by atoms with Crippen molar-refractivity contribution in [3.63, 3.8) is 0 Å². The van der Waals surface area contributed by atoms with Crippen LogP contribution in [0.15, 0.2) is 40.8 Å². The second-order valence-electron chi connectivity index (χ2n) is 5.73. The normalized spacial score (nSPS) is 19.2. The van der Waals surface area contributed by atoms with Gasteiger partial charge in [0.2, 0.25) is 0 Å². The molecule has 0 aromatic heterocycles. The number of carbonyl (C=O) groups excluding carboxylic acids is 1. The number of nitrogens with zero attached hydrogens (tertiary/aromatic N) is 1. The highest BCUT2D eigenvalue weighted by Gasteiger charge is 2.40. The van der Waals surface area contributed by atoms with Crippen LogP contribution in [0.25, 0.3) is 6.08 Å². The van der Waals surface area contributed by atoms with Gasteiger partial charge in [-0.3, -0.25) is 9.69 Å². The van der Waals surface area contributed by atoms with Gasteiger partial charge in [-0.05, 0) is 42.2 Å². The molecule has 1 atom stereocenters. The average molecular weight is 408 g/mol. The molecule has 0 spiro atoms. The van der Waals surface area contributed by atoms with Crippen molar-refractivity contribution in [2.24, 2.45) is 0 Å². The van der Waals surface area contributed by atoms with Crippen LogP contribution in [0.4, 0.5) is 0 Å². The first kappa shape index (κ1) is 19.0. The van der Waals surface area contributed by atoms with Gasteiger partial charge in [0, 0.05) is 5.56 Å². The minimum absolute atomic E-state index is 0.285. The molecule has 0 aliphatic carbocycles. The Morgan fingerprint density at radius 3 is 3.00 bits per heavy atom. The number of amides is 1. The molecular formula is C18H17NO4S3. The summed E-state index contributed by atoms with van der Waals surface area (Å²) in [4.78, 5) is 26.0. The molecule has 2 heterocycles. The van der Waals surface area contributed by atoms with E-state index in [1.807, 2.05) is 36.6 Å². The van der Waals surface area contributed by atoms with Crippen molar-refractivity contribution >= 4 is 58.0 Å². The Bertz CT molecular complexity index is 818. The molecule has 1 fully saturated rings. The number of hydrogen-bond donors (Lipinski definition) is 1. The molecule has 1 aromatic rings. The number of carbonyl (C=O) groups is 2. The van der Waals surface area contributed by atoms with Crippen molar-refractivity contribution < 1.29 is 19.4 Å². The van der Waals surface area contributed by atoms with Crippen LogP contribution in [0.1, 0.15) is 12.0 Å². The average Bonchev–Trinajstić information content (AvgIpc) is 2.89. The Kier molecular flexibility index (Phi) is 6.05. The predicted octanol–water partition coefficient (Wildman–Crippen LogP) is 3.41. The van der Waals surface area contributed by atoms with Crippen LogP contribution in [-0.2, 0) is 9.59 Å². The van der Waals surface area contributed by atoms with Gasteiger partial charge < -0.3 is 9.84 Å². The van der Waals surface area contributed by atoms with Crippen LogP contribution in [-0.4, -0.2) is 50.9 Å². The lowest BCUT2D eigenvalue weighted by Gasteiger charge is -2.22. The quantitative estimate of drug-likeness (QED) is 0.572. The van der Waals surface area contributed by atoms with Gasteiger partial charge in [0.05, 0.1) is 4.91 Å². The number of rotatable bonds is 6. The summed E-state index contributed by atoms with van der Waals surface area (Å²) in [6.07, 6.45) is 5.96. The van der Waals surface area contributed by atoms with Gasteiger partial charge in [0.25, 0.3) is 5.91 Å². The monoisotopic (exact) mass is 407 g/mol. The van der Waals surface area contributed by atoms with E-state index in [1.165, 1.54) is 16.7 Å². The van der Waals surface area contributed by atoms with Crippen molar-refractivity contribution in [1.82, 2.24) is 4.90 Å². The molecule has 1 N–H and O–H groups in total. The van der Waals surface area contributed by atoms with E-state index in [4.69, 9.17) is 17.0 Å². The lowest BCUT2D eigenvalue weighted by molar-refractivity contribution is -0.145. The van der Waals surface area contributed by atoms with E-state index < -0.39 is 12.0 Å². The van der Waals surface area contributed by atoms with Gasteiger partial charge >= 0.3 is 5.97 Å². The van der Waals surface area contributed by atoms with Crippen molar-refractivity contribution in [2.45, 2.75) is 12.5 Å². The molecule has 2 aliphatic rings. The molecule has 1 saturated heterocycles. The Balaban J connectivity index is 1.83. The van der Waals surface area contributed by atoms with Crippen molar-refractivity contribution in [3.8, 4) is 5.75 Å². The minimum atomic E-state index is -1.04. The summed E-state index contributed by atoms with van der Waals surface area (Å²) in [5.74, 6) is 0.0577. The van der Waals surface area contributed by atoms with Gasteiger partial charge in [-0.2, -0.15) is 11.8 Å². The third kappa shape index (κ3) is 3.97. The highest BCUT2D eigenvalue weighted by atomic mass is 32.2. The Hall–Kier alpha value is -1.77. The predicted molar refractivity (Wildman–Crippen MR) is 109 cm³/mol. The lowest BCUT2D eigenvalue weighted by atomic mass is 10.1. The van der Waals surface area contributed by atoms with Gasteiger partial charge in [0.1, 0.15) is 22.7 Å². The van der Waals surface area contributed by atoms with Crippen molar-refractivity contribution in [1.29, 1.82) is 0 Å². The molecule has 1 amide bonds. The number of thioether (sulfide) groups is 2. The second-order valence-corrected chi connectivity index (χ2v) is 8.39. The maximum absolute atomic E-state index is 12.8. The summed E-state index contributed by atoms with van der Waals surface area (Å²) in [5, 5.41) is 9.49. The molecule has 0 radical (unpaired) electrons. The second kappa shape index (κ2) is 8.28. The molecular weight excluding hydrogens is 390 g/mol. The molecule has 5 nitrogen and oxygen atoms in total. The smallest absolute Gasteiger partial charge is 0.326 e. The molecule has 2 aliphatic heterocycles. The molecule has 26 heavy (non-hydrogen) atoms. The van der Waals surface area contributed by atoms with Gasteiger partial charge in [-0.15, -0.1) is 0 Å². The van der Waals surface area contributed by atoms with E-state index >= 15 is 0 Å². The number of ether oxygens (including phenoxy) is 1. The standard InChI is InChI=1S/C18H17NO4S3/c1-25-7-6-13(17(21)22)19-16(20)15(26-18(19)24)9-11-8-12-4-2-3-5-14(12)23-10-11/h2-5,8-9,13H,6-7,10H2,1H3,(H,21,22)/b15-9+. The number of para-hydroxylation sites is 1. The fourth-order valence-corrected chi connectivity index (χ4v) is 4.56. The molecule has 136 valence electrons. The van der Waals surface area contributed by atoms with Crippen LogP contribution >= 0.6 is 35.7 Å². The molecule has 3 rings (SSSR count). The van der Waals surface area contributed by atoms with Gasteiger partial charge in [-0.1, -0.05) is 42.2 Å². The third-order valence-corrected chi connectivity index (χ3v) is 5.96. The molecule has 1 unspecified atom stereocenters. The summed E-state index contributed by atoms with van der Waals surface area (Å²) < 4.78 is 5.98. The first-order valence-corrected chi connectivity index (χ1v) is 10.5. The Morgan fingerprint density at radius 1 is 1.50 bits per heavy atom. The number of hydrogen-bond acceptors (Lipinski definition) is 6. The third-order valence-electron chi connectivity index (χ3n) is 3.99. The topological polar surface area (TPSA) is 66.8 Å². The maximum Gasteiger partial charge on any atom is 0.326 e. The molecule has 1 aromatic carbocycles. The van der Waals surface area contributed by atoms with Crippen LogP contribution in [0, 0.1) is 0 Å². The number of aliphatic carboxylic acids is 1. The zero-order chi connectivity index (χ0) is 18.7. The van der Waals surface area contributed by atoms with Crippen LogP contribution in [0.3, 0.4) is 0 Å². The fraction of sp³-hybridized carbons (Fsp3) is 0.278. The summed E-state index contributed by atoms with van der Waals surface area (Å²) in [5.41, 5.74) is 1.80. The summed E-state index contributed by atoms with van der Waals surface area (Å²) >= 11 is 7.96. The maximum atomic E-state index is 12.8. The van der Waals surface area contributed by atoms with Gasteiger partial charge in [-0.25, -0.2) is 4.79 Å². The minimum Gasteiger partial charge on any atom is -0.488 e. The van der Waals surface area contributed by atoms with Crippen molar-refractivity contribution in [3.05, 3.63) is 46.4 Å². The number of fused-ring (bicyclic) bond motifs is 1.